The third-order valence-corrected chi connectivity index (χ3v) is 2.94. The summed E-state index contributed by atoms with van der Waals surface area (Å²) >= 11 is 4.98. The highest BCUT2D eigenvalue weighted by Gasteiger charge is 2.24. The molecule has 116 valence electrons. The number of hydrogen-bond acceptors (Lipinski definition) is 4. The number of carbonyl (C=O) groups excluding carboxylic acids is 1. The second-order valence-electron chi connectivity index (χ2n) is 5.67. The first-order valence-corrected chi connectivity index (χ1v) is 6.97. The summed E-state index contributed by atoms with van der Waals surface area (Å²) in [6.07, 6.45) is 0.736. The molecule has 0 saturated heterocycles. The van der Waals surface area contributed by atoms with Crippen molar-refractivity contribution < 1.29 is 13.9 Å². The summed E-state index contributed by atoms with van der Waals surface area (Å²) < 4.78 is 19.5. The van der Waals surface area contributed by atoms with Crippen LogP contribution in [0.3, 0.4) is 0 Å². The van der Waals surface area contributed by atoms with Gasteiger partial charge < -0.3 is 10.5 Å². The number of thiocarbonyl (C=S) groups is 1. The Morgan fingerprint density at radius 2 is 1.91 bits per heavy atom. The normalized spacial score (nSPS) is 11.3. The van der Waals surface area contributed by atoms with Crippen molar-refractivity contribution in [2.75, 3.05) is 0 Å². The van der Waals surface area contributed by atoms with Crippen molar-refractivity contribution in [3.05, 3.63) is 41.8 Å². The monoisotopic (exact) mass is 321 g/mol. The van der Waals surface area contributed by atoms with E-state index >= 15 is 0 Å². The Labute approximate surface area is 132 Å². The molecule has 22 heavy (non-hydrogen) atoms. The van der Waals surface area contributed by atoms with Crippen molar-refractivity contribution in [2.45, 2.75) is 26.4 Å². The van der Waals surface area contributed by atoms with Gasteiger partial charge in [0.25, 0.3) is 0 Å². The summed E-state index contributed by atoms with van der Waals surface area (Å²) in [6.45, 7) is 5.25. The zero-order chi connectivity index (χ0) is 16.5. The molecule has 1 aromatic heterocycles. The molecular formula is C15H16FN3O2S. The van der Waals surface area contributed by atoms with Gasteiger partial charge in [-0.05, 0) is 45.0 Å². The average molecular weight is 321 g/mol. The Morgan fingerprint density at radius 1 is 1.32 bits per heavy atom. The van der Waals surface area contributed by atoms with Crippen LogP contribution < -0.4 is 5.73 Å². The van der Waals surface area contributed by atoms with E-state index in [1.54, 1.807) is 20.8 Å². The van der Waals surface area contributed by atoms with Gasteiger partial charge in [-0.1, -0.05) is 12.2 Å². The highest BCUT2D eigenvalue weighted by atomic mass is 32.1. The van der Waals surface area contributed by atoms with E-state index in [1.807, 2.05) is 0 Å². The van der Waals surface area contributed by atoms with Gasteiger partial charge in [-0.2, -0.15) is 9.78 Å². The van der Waals surface area contributed by atoms with Gasteiger partial charge in [-0.3, -0.25) is 0 Å². The fourth-order valence-corrected chi connectivity index (χ4v) is 2.01. The second-order valence-corrected chi connectivity index (χ2v) is 6.11. The molecule has 0 atom stereocenters. The highest BCUT2D eigenvalue weighted by molar-refractivity contribution is 7.80. The minimum Gasteiger partial charge on any atom is -0.442 e. The Kier molecular flexibility index (Phi) is 4.27. The third-order valence-electron chi connectivity index (χ3n) is 2.72. The molecule has 0 aliphatic rings. The molecule has 0 saturated carbocycles. The summed E-state index contributed by atoms with van der Waals surface area (Å²) in [7, 11) is 0. The summed E-state index contributed by atoms with van der Waals surface area (Å²) in [5.74, 6) is -0.385. The van der Waals surface area contributed by atoms with Crippen LogP contribution >= 0.6 is 12.2 Å². The summed E-state index contributed by atoms with van der Waals surface area (Å²) in [6, 6.07) is 5.61. The average Bonchev–Trinajstić information content (AvgIpc) is 2.82. The van der Waals surface area contributed by atoms with Crippen molar-refractivity contribution in [1.29, 1.82) is 0 Å². The van der Waals surface area contributed by atoms with Crippen LogP contribution in [0.15, 0.2) is 30.5 Å². The molecule has 2 N–H and O–H groups in total. The lowest BCUT2D eigenvalue weighted by atomic mass is 10.1. The molecule has 0 unspecified atom stereocenters. The molecular weight excluding hydrogens is 305 g/mol. The quantitative estimate of drug-likeness (QED) is 0.861. The van der Waals surface area contributed by atoms with Gasteiger partial charge in [0.15, 0.2) is 0 Å². The van der Waals surface area contributed by atoms with Crippen LogP contribution in [0, 0.1) is 5.82 Å². The lowest BCUT2D eigenvalue weighted by molar-refractivity contribution is 0.0518. The van der Waals surface area contributed by atoms with Gasteiger partial charge in [0.05, 0.1) is 17.5 Å². The number of ether oxygens (including phenoxy) is 1. The van der Waals surface area contributed by atoms with Crippen LogP contribution in [0.4, 0.5) is 9.18 Å². The molecule has 2 aromatic rings. The molecule has 0 aliphatic heterocycles. The second kappa shape index (κ2) is 5.84. The van der Waals surface area contributed by atoms with Crippen molar-refractivity contribution in [1.82, 2.24) is 9.78 Å². The number of aromatic nitrogens is 2. The topological polar surface area (TPSA) is 70.1 Å². The van der Waals surface area contributed by atoms with Gasteiger partial charge in [-0.25, -0.2) is 9.18 Å². The van der Waals surface area contributed by atoms with Gasteiger partial charge in [0.1, 0.15) is 16.4 Å². The Bertz CT molecular complexity index is 717. The van der Waals surface area contributed by atoms with E-state index in [-0.39, 0.29) is 10.8 Å². The number of nitrogens with two attached hydrogens (primary N) is 1. The lowest BCUT2D eigenvalue weighted by Crippen LogP contribution is -2.28. The van der Waals surface area contributed by atoms with Crippen molar-refractivity contribution >= 4 is 23.3 Å². The van der Waals surface area contributed by atoms with E-state index in [0.29, 0.717) is 16.8 Å². The van der Waals surface area contributed by atoms with Crippen LogP contribution in [-0.2, 0) is 4.74 Å². The molecule has 7 heteroatoms. The number of carbonyl (C=O) groups is 1. The van der Waals surface area contributed by atoms with E-state index in [4.69, 9.17) is 22.7 Å². The zero-order valence-corrected chi connectivity index (χ0v) is 13.3. The number of halogens is 1. The lowest BCUT2D eigenvalue weighted by Gasteiger charge is -2.20. The van der Waals surface area contributed by atoms with Crippen LogP contribution in [0.1, 0.15) is 26.3 Å². The first-order chi connectivity index (χ1) is 10.2. The fourth-order valence-electron chi connectivity index (χ4n) is 1.86. The standard InChI is InChI=1S/C15H16FN3O2S/c1-15(2,3)21-14(20)19-12(11(8-18-19)13(17)22)9-4-6-10(16)7-5-9/h4-8H,1-3H3,(H2,17,22). The molecule has 0 spiro atoms. The smallest absolute Gasteiger partial charge is 0.435 e. The highest BCUT2D eigenvalue weighted by Crippen LogP contribution is 2.25. The van der Waals surface area contributed by atoms with E-state index < -0.39 is 11.7 Å². The maximum absolute atomic E-state index is 13.1. The van der Waals surface area contributed by atoms with Crippen LogP contribution in [0.25, 0.3) is 11.3 Å². The molecule has 0 bridgehead atoms. The molecule has 1 heterocycles. The number of hydrogen-bond donors (Lipinski definition) is 1. The fraction of sp³-hybridized carbons (Fsp3) is 0.267. The predicted molar refractivity (Wildman–Crippen MR) is 85.1 cm³/mol. The van der Waals surface area contributed by atoms with E-state index in [2.05, 4.69) is 5.10 Å². The van der Waals surface area contributed by atoms with Gasteiger partial charge >= 0.3 is 6.09 Å². The van der Waals surface area contributed by atoms with Crippen molar-refractivity contribution in [3.63, 3.8) is 0 Å². The maximum atomic E-state index is 13.1. The van der Waals surface area contributed by atoms with Gasteiger partial charge in [-0.15, -0.1) is 0 Å². The first-order valence-electron chi connectivity index (χ1n) is 6.56. The number of nitrogens with zero attached hydrogens (tertiary/aromatic N) is 2. The van der Waals surface area contributed by atoms with E-state index in [0.717, 1.165) is 4.68 Å². The van der Waals surface area contributed by atoms with Crippen LogP contribution in [-0.4, -0.2) is 26.5 Å². The molecule has 5 nitrogen and oxygen atoms in total. The molecule has 2 rings (SSSR count). The minimum absolute atomic E-state index is 0.0918. The Balaban J connectivity index is 2.54. The van der Waals surface area contributed by atoms with E-state index in [9.17, 15) is 9.18 Å². The molecule has 0 fully saturated rings. The summed E-state index contributed by atoms with van der Waals surface area (Å²) in [5.41, 5.74) is 6.36. The minimum atomic E-state index is -0.674. The first kappa shape index (κ1) is 16.1. The molecule has 1 aromatic carbocycles. The van der Waals surface area contributed by atoms with Crippen molar-refractivity contribution in [3.8, 4) is 11.3 Å². The molecule has 0 amide bonds. The van der Waals surface area contributed by atoms with Crippen LogP contribution in [0.2, 0.25) is 0 Å². The molecule has 0 aliphatic carbocycles. The number of rotatable bonds is 2. The molecule has 0 radical (unpaired) electrons. The maximum Gasteiger partial charge on any atom is 0.435 e. The SMILES string of the molecule is CC(C)(C)OC(=O)n1ncc(C(N)=S)c1-c1ccc(F)cc1. The van der Waals surface area contributed by atoms with Gasteiger partial charge in [0.2, 0.25) is 0 Å². The van der Waals surface area contributed by atoms with E-state index in [1.165, 1.54) is 30.5 Å². The summed E-state index contributed by atoms with van der Waals surface area (Å²) in [4.78, 5) is 12.4. The zero-order valence-electron chi connectivity index (χ0n) is 12.5. The van der Waals surface area contributed by atoms with Crippen molar-refractivity contribution in [2.24, 2.45) is 5.73 Å². The predicted octanol–water partition coefficient (Wildman–Crippen LogP) is 3.11. The van der Waals surface area contributed by atoms with Gasteiger partial charge in [0, 0.05) is 5.56 Å². The van der Waals surface area contributed by atoms with Crippen LogP contribution in [0.5, 0.6) is 0 Å². The number of benzene rings is 1. The third kappa shape index (κ3) is 3.48. The summed E-state index contributed by atoms with van der Waals surface area (Å²) in [5, 5.41) is 4.00. The Hall–Kier alpha value is -2.28. The Morgan fingerprint density at radius 3 is 2.41 bits per heavy atom. The largest absolute Gasteiger partial charge is 0.442 e.